The van der Waals surface area contributed by atoms with E-state index in [1.54, 1.807) is 0 Å². The van der Waals surface area contributed by atoms with Crippen molar-refractivity contribution in [3.63, 3.8) is 0 Å². The van der Waals surface area contributed by atoms with Gasteiger partial charge in [0.15, 0.2) is 0 Å². The molecule has 1 aromatic carbocycles. The van der Waals surface area contributed by atoms with Gasteiger partial charge in [-0.2, -0.15) is 0 Å². The molecule has 0 aromatic heterocycles. The van der Waals surface area contributed by atoms with Crippen molar-refractivity contribution in [2.75, 3.05) is 5.33 Å². The Kier molecular flexibility index (Phi) is 4.35. The first kappa shape index (κ1) is 10.6. The molecule has 0 saturated carbocycles. The van der Waals surface area contributed by atoms with E-state index in [0.717, 1.165) is 27.9 Å². The second kappa shape index (κ2) is 5.32. The quantitative estimate of drug-likeness (QED) is 0.530. The summed E-state index contributed by atoms with van der Waals surface area (Å²) in [5.41, 5.74) is 2.07. The third-order valence-corrected chi connectivity index (χ3v) is 2.43. The van der Waals surface area contributed by atoms with E-state index in [4.69, 9.17) is 11.6 Å². The third kappa shape index (κ3) is 3.42. The van der Waals surface area contributed by atoms with E-state index in [2.05, 4.69) is 27.8 Å². The fourth-order valence-corrected chi connectivity index (χ4v) is 1.26. The van der Waals surface area contributed by atoms with Gasteiger partial charge in [0.05, 0.1) is 0 Å². The van der Waals surface area contributed by atoms with Gasteiger partial charge in [-0.3, -0.25) is 0 Å². The Balaban J connectivity index is 2.81. The monoisotopic (exact) mass is 256 g/mol. The molecule has 2 heteroatoms. The summed E-state index contributed by atoms with van der Waals surface area (Å²) in [6, 6.07) is 5.88. The Labute approximate surface area is 92.4 Å². The maximum Gasteiger partial charge on any atom is 0.0447 e. The average molecular weight is 258 g/mol. The van der Waals surface area contributed by atoms with Gasteiger partial charge in [-0.1, -0.05) is 45.4 Å². The van der Waals surface area contributed by atoms with Gasteiger partial charge in [-0.25, -0.2) is 0 Å². The number of rotatable bonds is 1. The smallest absolute Gasteiger partial charge is 0.0447 e. The van der Waals surface area contributed by atoms with E-state index in [0.29, 0.717) is 0 Å². The Hall–Kier alpha value is -0.450. The van der Waals surface area contributed by atoms with Crippen LogP contribution < -0.4 is 0 Å². The predicted molar refractivity (Wildman–Crippen MR) is 61.5 cm³/mol. The van der Waals surface area contributed by atoms with E-state index < -0.39 is 0 Å². The van der Waals surface area contributed by atoms with Gasteiger partial charge >= 0.3 is 0 Å². The lowest BCUT2D eigenvalue weighted by molar-refractivity contribution is 1.32. The molecule has 0 aliphatic rings. The first-order valence-corrected chi connectivity index (χ1v) is 5.55. The van der Waals surface area contributed by atoms with Crippen molar-refractivity contribution >= 4 is 27.5 Å². The summed E-state index contributed by atoms with van der Waals surface area (Å²) in [6.45, 7) is 1.98. The number of halogens is 2. The highest BCUT2D eigenvalue weighted by atomic mass is 79.9. The van der Waals surface area contributed by atoms with Crippen LogP contribution in [0.3, 0.4) is 0 Å². The zero-order chi connectivity index (χ0) is 9.68. The molecule has 0 heterocycles. The molecule has 0 unspecified atom stereocenters. The fourth-order valence-electron chi connectivity index (χ4n) is 0.882. The zero-order valence-electron chi connectivity index (χ0n) is 7.40. The Morgan fingerprint density at radius 1 is 1.46 bits per heavy atom. The van der Waals surface area contributed by atoms with E-state index in [9.17, 15) is 0 Å². The Morgan fingerprint density at radius 3 is 2.85 bits per heavy atom. The Bertz CT molecular complexity index is 347. The second-order valence-electron chi connectivity index (χ2n) is 2.70. The summed E-state index contributed by atoms with van der Waals surface area (Å²) < 4.78 is 0. The summed E-state index contributed by atoms with van der Waals surface area (Å²) in [5, 5.41) is 1.70. The topological polar surface area (TPSA) is 0 Å². The lowest BCUT2D eigenvalue weighted by atomic mass is 10.1. The van der Waals surface area contributed by atoms with Gasteiger partial charge in [0.25, 0.3) is 0 Å². The lowest BCUT2D eigenvalue weighted by Gasteiger charge is -1.96. The van der Waals surface area contributed by atoms with Crippen LogP contribution >= 0.6 is 27.5 Å². The van der Waals surface area contributed by atoms with E-state index in [1.807, 2.05) is 25.1 Å². The molecule has 0 atom stereocenters. The van der Waals surface area contributed by atoms with Crippen molar-refractivity contribution in [1.29, 1.82) is 0 Å². The first-order chi connectivity index (χ1) is 6.24. The van der Waals surface area contributed by atoms with Gasteiger partial charge in [-0.15, -0.1) is 0 Å². The van der Waals surface area contributed by atoms with Crippen molar-refractivity contribution in [1.82, 2.24) is 0 Å². The van der Waals surface area contributed by atoms with Gasteiger partial charge in [0, 0.05) is 22.3 Å². The molecule has 0 radical (unpaired) electrons. The largest absolute Gasteiger partial charge is 0.0970 e. The molecule has 0 fully saturated rings. The predicted octanol–water partition coefficient (Wildman–Crippen LogP) is 3.78. The average Bonchev–Trinajstić information content (AvgIpc) is 2.12. The van der Waals surface area contributed by atoms with Crippen LogP contribution in [0, 0.1) is 18.8 Å². The SMILES string of the molecule is Cc1ccc(C#CCCBr)cc1Cl. The summed E-state index contributed by atoms with van der Waals surface area (Å²) in [5.74, 6) is 6.09. The number of hydrogen-bond donors (Lipinski definition) is 0. The zero-order valence-corrected chi connectivity index (χ0v) is 9.74. The van der Waals surface area contributed by atoms with Gasteiger partial charge in [-0.05, 0) is 24.6 Å². The minimum absolute atomic E-state index is 0.783. The van der Waals surface area contributed by atoms with E-state index in [1.165, 1.54) is 0 Å². The van der Waals surface area contributed by atoms with Crippen LogP contribution in [0.2, 0.25) is 5.02 Å². The number of alkyl halides is 1. The van der Waals surface area contributed by atoms with Crippen molar-refractivity contribution in [3.05, 3.63) is 34.3 Å². The molecule has 13 heavy (non-hydrogen) atoms. The van der Waals surface area contributed by atoms with Gasteiger partial charge in [0.2, 0.25) is 0 Å². The molecule has 0 bridgehead atoms. The van der Waals surface area contributed by atoms with Gasteiger partial charge < -0.3 is 0 Å². The Morgan fingerprint density at radius 2 is 2.23 bits per heavy atom. The standard InChI is InChI=1S/C11H10BrCl/c1-9-5-6-10(8-11(9)13)4-2-3-7-12/h5-6,8H,3,7H2,1H3. The molecule has 1 rings (SSSR count). The van der Waals surface area contributed by atoms with Crippen LogP contribution in [-0.2, 0) is 0 Å². The summed E-state index contributed by atoms with van der Waals surface area (Å²) >= 11 is 9.27. The van der Waals surface area contributed by atoms with Crippen molar-refractivity contribution in [2.24, 2.45) is 0 Å². The van der Waals surface area contributed by atoms with Crippen molar-refractivity contribution in [3.8, 4) is 11.8 Å². The second-order valence-corrected chi connectivity index (χ2v) is 3.90. The van der Waals surface area contributed by atoms with Crippen LogP contribution in [0.25, 0.3) is 0 Å². The molecule has 68 valence electrons. The molecule has 1 aromatic rings. The molecular weight excluding hydrogens is 247 g/mol. The summed E-state index contributed by atoms with van der Waals surface area (Å²) in [7, 11) is 0. The molecule has 0 nitrogen and oxygen atoms in total. The maximum absolute atomic E-state index is 5.95. The minimum Gasteiger partial charge on any atom is -0.0970 e. The van der Waals surface area contributed by atoms with Crippen molar-refractivity contribution in [2.45, 2.75) is 13.3 Å². The molecule has 0 saturated heterocycles. The van der Waals surface area contributed by atoms with Crippen LogP contribution in [0.4, 0.5) is 0 Å². The summed E-state index contributed by atoms with van der Waals surface area (Å²) in [4.78, 5) is 0. The highest BCUT2D eigenvalue weighted by Crippen LogP contribution is 2.15. The minimum atomic E-state index is 0.783. The third-order valence-electron chi connectivity index (χ3n) is 1.62. The highest BCUT2D eigenvalue weighted by molar-refractivity contribution is 9.09. The number of aryl methyl sites for hydroxylation is 1. The summed E-state index contributed by atoms with van der Waals surface area (Å²) in [6.07, 6.45) is 0.867. The maximum atomic E-state index is 5.95. The van der Waals surface area contributed by atoms with Crippen LogP contribution in [0.1, 0.15) is 17.5 Å². The number of hydrogen-bond acceptors (Lipinski definition) is 0. The van der Waals surface area contributed by atoms with E-state index >= 15 is 0 Å². The molecule has 0 aliphatic heterocycles. The van der Waals surface area contributed by atoms with Crippen molar-refractivity contribution < 1.29 is 0 Å². The van der Waals surface area contributed by atoms with Crippen LogP contribution in [0.15, 0.2) is 18.2 Å². The molecule has 0 aliphatic carbocycles. The van der Waals surface area contributed by atoms with E-state index in [-0.39, 0.29) is 0 Å². The molecule has 0 N–H and O–H groups in total. The molecule has 0 spiro atoms. The van der Waals surface area contributed by atoms with Gasteiger partial charge in [0.1, 0.15) is 0 Å². The molecule has 0 amide bonds. The number of benzene rings is 1. The van der Waals surface area contributed by atoms with Crippen LogP contribution in [0.5, 0.6) is 0 Å². The lowest BCUT2D eigenvalue weighted by Crippen LogP contribution is -1.78. The van der Waals surface area contributed by atoms with Crippen LogP contribution in [-0.4, -0.2) is 5.33 Å². The normalized spacial score (nSPS) is 9.15. The fraction of sp³-hybridized carbons (Fsp3) is 0.273. The first-order valence-electron chi connectivity index (χ1n) is 4.05. The highest BCUT2D eigenvalue weighted by Gasteiger charge is 1.93. The molecular formula is C11H10BrCl.